The van der Waals surface area contributed by atoms with E-state index in [9.17, 15) is 9.59 Å². The van der Waals surface area contributed by atoms with Crippen LogP contribution in [0.5, 0.6) is 5.75 Å². The Morgan fingerprint density at radius 1 is 1.17 bits per heavy atom. The highest BCUT2D eigenvalue weighted by Gasteiger charge is 2.13. The second-order valence-electron chi connectivity index (χ2n) is 4.77. The largest absolute Gasteiger partial charge is 0.496 e. The van der Waals surface area contributed by atoms with E-state index in [2.05, 4.69) is 25.7 Å². The topological polar surface area (TPSA) is 113 Å². The Balaban J connectivity index is 1.83. The van der Waals surface area contributed by atoms with Crippen LogP contribution in [0.4, 0.5) is 5.82 Å². The van der Waals surface area contributed by atoms with E-state index in [4.69, 9.17) is 16.3 Å². The number of halogens is 1. The van der Waals surface area contributed by atoms with Crippen molar-refractivity contribution in [1.29, 1.82) is 0 Å². The highest BCUT2D eigenvalue weighted by molar-refractivity contribution is 6.31. The maximum atomic E-state index is 12.1. The summed E-state index contributed by atoms with van der Waals surface area (Å²) in [6.45, 7) is 0. The average Bonchev–Trinajstić information content (AvgIpc) is 3.03. The molecule has 0 spiro atoms. The molecule has 3 N–H and O–H groups in total. The fourth-order valence-corrected chi connectivity index (χ4v) is 2.24. The molecule has 3 aromatic rings. The average molecular weight is 346 g/mol. The van der Waals surface area contributed by atoms with Gasteiger partial charge in [0, 0.05) is 22.7 Å². The van der Waals surface area contributed by atoms with E-state index >= 15 is 0 Å². The zero-order chi connectivity index (χ0) is 17.1. The molecule has 0 atom stereocenters. The van der Waals surface area contributed by atoms with Gasteiger partial charge in [-0.3, -0.25) is 14.7 Å². The lowest BCUT2D eigenvalue weighted by molar-refractivity contribution is 0.102. The zero-order valence-electron chi connectivity index (χ0n) is 12.5. The number of rotatable bonds is 4. The van der Waals surface area contributed by atoms with Crippen molar-refractivity contribution in [3.8, 4) is 17.0 Å². The number of hydrogen-bond acceptors (Lipinski definition) is 5. The minimum absolute atomic E-state index is 0.0690. The standard InChI is InChI=1S/C15H12ClN5O3/c1-24-12-4-2-8(16)6-9(12)11-7-13(20-19-11)17-15(23)10-3-5-14(22)21-18-10/h2-7H,1H3,(H,21,22)(H2,17,19,20,23). The normalized spacial score (nSPS) is 10.4. The molecule has 0 radical (unpaired) electrons. The Kier molecular flexibility index (Phi) is 4.30. The molecule has 24 heavy (non-hydrogen) atoms. The van der Waals surface area contributed by atoms with Crippen molar-refractivity contribution >= 4 is 23.3 Å². The highest BCUT2D eigenvalue weighted by atomic mass is 35.5. The number of carbonyl (C=O) groups is 1. The molecule has 0 fully saturated rings. The number of aromatic amines is 2. The number of ether oxygens (including phenoxy) is 1. The van der Waals surface area contributed by atoms with Gasteiger partial charge in [-0.1, -0.05) is 11.6 Å². The molecule has 0 unspecified atom stereocenters. The van der Waals surface area contributed by atoms with Crippen LogP contribution in [0.1, 0.15) is 10.5 Å². The number of benzene rings is 1. The summed E-state index contributed by atoms with van der Waals surface area (Å²) in [6, 6.07) is 9.35. The molecule has 9 heteroatoms. The lowest BCUT2D eigenvalue weighted by Crippen LogP contribution is -2.17. The summed E-state index contributed by atoms with van der Waals surface area (Å²) in [6.07, 6.45) is 0. The van der Waals surface area contributed by atoms with Crippen molar-refractivity contribution in [1.82, 2.24) is 20.4 Å². The molecule has 1 aromatic carbocycles. The molecule has 1 amide bonds. The van der Waals surface area contributed by atoms with Crippen molar-refractivity contribution in [2.75, 3.05) is 12.4 Å². The highest BCUT2D eigenvalue weighted by Crippen LogP contribution is 2.32. The lowest BCUT2D eigenvalue weighted by atomic mass is 10.1. The molecule has 0 bridgehead atoms. The summed E-state index contributed by atoms with van der Waals surface area (Å²) in [5.41, 5.74) is 1.01. The summed E-state index contributed by atoms with van der Waals surface area (Å²) in [5, 5.41) is 15.8. The van der Waals surface area contributed by atoms with Crippen molar-refractivity contribution < 1.29 is 9.53 Å². The Morgan fingerprint density at radius 3 is 2.71 bits per heavy atom. The number of aromatic nitrogens is 4. The van der Waals surface area contributed by atoms with Crippen LogP contribution in [0, 0.1) is 0 Å². The maximum Gasteiger partial charge on any atom is 0.277 e. The van der Waals surface area contributed by atoms with Crippen molar-refractivity contribution in [3.05, 3.63) is 57.5 Å². The van der Waals surface area contributed by atoms with Crippen LogP contribution in [0.25, 0.3) is 11.3 Å². The van der Waals surface area contributed by atoms with Crippen LogP contribution < -0.4 is 15.6 Å². The third-order valence-corrected chi connectivity index (χ3v) is 3.42. The quantitative estimate of drug-likeness (QED) is 0.670. The smallest absolute Gasteiger partial charge is 0.277 e. The molecule has 0 saturated heterocycles. The molecule has 0 saturated carbocycles. The summed E-state index contributed by atoms with van der Waals surface area (Å²) < 4.78 is 5.29. The number of nitrogens with one attached hydrogen (secondary N) is 3. The van der Waals surface area contributed by atoms with E-state index in [-0.39, 0.29) is 11.3 Å². The molecule has 0 aliphatic rings. The Morgan fingerprint density at radius 2 is 2.00 bits per heavy atom. The van der Waals surface area contributed by atoms with Crippen molar-refractivity contribution in [3.63, 3.8) is 0 Å². The monoisotopic (exact) mass is 345 g/mol. The number of anilines is 1. The minimum atomic E-state index is -0.498. The Hall–Kier alpha value is -3.13. The lowest BCUT2D eigenvalue weighted by Gasteiger charge is -2.06. The number of carbonyl (C=O) groups excluding carboxylic acids is 1. The van der Waals surface area contributed by atoms with Crippen LogP contribution in [-0.4, -0.2) is 33.4 Å². The molecular weight excluding hydrogens is 334 g/mol. The first kappa shape index (κ1) is 15.8. The molecule has 8 nitrogen and oxygen atoms in total. The van der Waals surface area contributed by atoms with Crippen molar-refractivity contribution in [2.24, 2.45) is 0 Å². The minimum Gasteiger partial charge on any atom is -0.496 e. The number of amides is 1. The molecule has 2 aromatic heterocycles. The SMILES string of the molecule is COc1ccc(Cl)cc1-c1cc(NC(=O)c2ccc(=O)[nH]n2)n[nH]1. The van der Waals surface area contributed by atoms with Gasteiger partial charge in [0.15, 0.2) is 5.82 Å². The Bertz CT molecular complexity index is 930. The van der Waals surface area contributed by atoms with E-state index < -0.39 is 5.91 Å². The van der Waals surface area contributed by atoms with Crippen LogP contribution in [0.2, 0.25) is 5.02 Å². The molecule has 0 aliphatic heterocycles. The maximum absolute atomic E-state index is 12.1. The van der Waals surface area contributed by atoms with Crippen LogP contribution in [0.15, 0.2) is 41.2 Å². The number of hydrogen-bond donors (Lipinski definition) is 3. The van der Waals surface area contributed by atoms with E-state index in [0.717, 1.165) is 0 Å². The summed E-state index contributed by atoms with van der Waals surface area (Å²) in [5.74, 6) is 0.413. The van der Waals surface area contributed by atoms with Gasteiger partial charge in [0.25, 0.3) is 11.5 Å². The van der Waals surface area contributed by atoms with E-state index in [0.29, 0.717) is 27.8 Å². The van der Waals surface area contributed by atoms with Gasteiger partial charge in [-0.2, -0.15) is 10.2 Å². The summed E-state index contributed by atoms with van der Waals surface area (Å²) in [4.78, 5) is 23.0. The van der Waals surface area contributed by atoms with E-state index in [1.807, 2.05) is 0 Å². The van der Waals surface area contributed by atoms with Crippen LogP contribution in [0.3, 0.4) is 0 Å². The molecule has 2 heterocycles. The second-order valence-corrected chi connectivity index (χ2v) is 5.21. The fourth-order valence-electron chi connectivity index (χ4n) is 2.07. The van der Waals surface area contributed by atoms with Gasteiger partial charge in [-0.25, -0.2) is 5.10 Å². The van der Waals surface area contributed by atoms with Gasteiger partial charge in [-0.15, -0.1) is 0 Å². The van der Waals surface area contributed by atoms with Crippen LogP contribution >= 0.6 is 11.6 Å². The number of methoxy groups -OCH3 is 1. The number of H-pyrrole nitrogens is 2. The van der Waals surface area contributed by atoms with Crippen LogP contribution in [-0.2, 0) is 0 Å². The Labute approximate surface area is 140 Å². The first-order valence-corrected chi connectivity index (χ1v) is 7.21. The van der Waals surface area contributed by atoms with Gasteiger partial charge in [0.05, 0.1) is 12.8 Å². The molecule has 0 aliphatic carbocycles. The third kappa shape index (κ3) is 3.28. The van der Waals surface area contributed by atoms with E-state index in [1.54, 1.807) is 31.4 Å². The second kappa shape index (κ2) is 6.55. The summed E-state index contributed by atoms with van der Waals surface area (Å²) >= 11 is 6.01. The van der Waals surface area contributed by atoms with Gasteiger partial charge in [0.2, 0.25) is 0 Å². The van der Waals surface area contributed by atoms with Crippen molar-refractivity contribution in [2.45, 2.75) is 0 Å². The van der Waals surface area contributed by atoms with Gasteiger partial charge >= 0.3 is 0 Å². The van der Waals surface area contributed by atoms with Gasteiger partial charge in [0.1, 0.15) is 11.4 Å². The van der Waals surface area contributed by atoms with Gasteiger partial charge < -0.3 is 10.1 Å². The predicted molar refractivity (Wildman–Crippen MR) is 88.4 cm³/mol. The number of nitrogens with zero attached hydrogens (tertiary/aromatic N) is 2. The van der Waals surface area contributed by atoms with E-state index in [1.165, 1.54) is 12.1 Å². The molecule has 3 rings (SSSR count). The first-order valence-electron chi connectivity index (χ1n) is 6.83. The fraction of sp³-hybridized carbons (Fsp3) is 0.0667. The molecular formula is C15H12ClN5O3. The summed E-state index contributed by atoms with van der Waals surface area (Å²) in [7, 11) is 1.55. The zero-order valence-corrected chi connectivity index (χ0v) is 13.2. The predicted octanol–water partition coefficient (Wildman–Crippen LogP) is 2.07. The molecule has 122 valence electrons. The first-order chi connectivity index (χ1) is 11.6. The third-order valence-electron chi connectivity index (χ3n) is 3.18. The van der Waals surface area contributed by atoms with Gasteiger partial charge in [-0.05, 0) is 24.3 Å².